The highest BCUT2D eigenvalue weighted by Gasteiger charge is 2.10. The Kier molecular flexibility index (Phi) is 6.01. The molecule has 0 heterocycles. The van der Waals surface area contributed by atoms with Crippen LogP contribution >= 0.6 is 0 Å². The van der Waals surface area contributed by atoms with Crippen molar-refractivity contribution in [3.8, 4) is 11.5 Å². The van der Waals surface area contributed by atoms with E-state index in [1.807, 2.05) is 0 Å². The van der Waals surface area contributed by atoms with E-state index in [2.05, 4.69) is 0 Å². The third-order valence-corrected chi connectivity index (χ3v) is 3.85. The van der Waals surface area contributed by atoms with Crippen LogP contribution in [-0.2, 0) is 21.1 Å². The molecule has 0 saturated heterocycles. The lowest BCUT2D eigenvalue weighted by Gasteiger charge is -2.09. The standard InChI is InChI=1S/C14H20O5S/c1-18-13-7-6-11(10-14(13)19-2)9-12(15)5-4-8-20(3,16)17/h6-7,10H,4-5,8-9H2,1-3H3. The molecule has 20 heavy (non-hydrogen) atoms. The SMILES string of the molecule is COc1ccc(CC(=O)CCCS(C)(=O)=O)cc1OC. The molecule has 112 valence electrons. The molecule has 0 aliphatic heterocycles. The third-order valence-electron chi connectivity index (χ3n) is 2.82. The quantitative estimate of drug-likeness (QED) is 0.730. The summed E-state index contributed by atoms with van der Waals surface area (Å²) in [4.78, 5) is 11.8. The summed E-state index contributed by atoms with van der Waals surface area (Å²) in [5.74, 6) is 1.25. The van der Waals surface area contributed by atoms with Gasteiger partial charge in [0, 0.05) is 19.1 Å². The molecular weight excluding hydrogens is 280 g/mol. The molecule has 0 atom stereocenters. The van der Waals surface area contributed by atoms with Crippen molar-refractivity contribution in [3.05, 3.63) is 23.8 Å². The molecular formula is C14H20O5S. The summed E-state index contributed by atoms with van der Waals surface area (Å²) < 4.78 is 32.3. The number of carbonyl (C=O) groups is 1. The summed E-state index contributed by atoms with van der Waals surface area (Å²) in [6, 6.07) is 5.31. The second-order valence-electron chi connectivity index (χ2n) is 4.64. The van der Waals surface area contributed by atoms with Crippen molar-refractivity contribution < 1.29 is 22.7 Å². The second kappa shape index (κ2) is 7.28. The fourth-order valence-electron chi connectivity index (χ4n) is 1.84. The predicted octanol–water partition coefficient (Wildman–Crippen LogP) is 1.64. The number of hydrogen-bond donors (Lipinski definition) is 0. The molecule has 0 amide bonds. The van der Waals surface area contributed by atoms with Crippen molar-refractivity contribution in [1.29, 1.82) is 0 Å². The van der Waals surface area contributed by atoms with Gasteiger partial charge in [0.15, 0.2) is 11.5 Å². The minimum atomic E-state index is -3.00. The summed E-state index contributed by atoms with van der Waals surface area (Å²) >= 11 is 0. The van der Waals surface area contributed by atoms with E-state index >= 15 is 0 Å². The number of carbonyl (C=O) groups excluding carboxylic acids is 1. The predicted molar refractivity (Wildman–Crippen MR) is 77.2 cm³/mol. The van der Waals surface area contributed by atoms with Crippen LogP contribution in [0, 0.1) is 0 Å². The second-order valence-corrected chi connectivity index (χ2v) is 6.90. The summed E-state index contributed by atoms with van der Waals surface area (Å²) in [6.45, 7) is 0. The Bertz CT molecular complexity index is 563. The first-order valence-electron chi connectivity index (χ1n) is 6.26. The van der Waals surface area contributed by atoms with Gasteiger partial charge in [0.05, 0.1) is 20.0 Å². The number of rotatable bonds is 8. The molecule has 0 aliphatic rings. The number of ketones is 1. The maximum Gasteiger partial charge on any atom is 0.161 e. The van der Waals surface area contributed by atoms with Crippen LogP contribution in [0.15, 0.2) is 18.2 Å². The van der Waals surface area contributed by atoms with E-state index in [1.54, 1.807) is 25.3 Å². The van der Waals surface area contributed by atoms with E-state index in [-0.39, 0.29) is 24.4 Å². The van der Waals surface area contributed by atoms with Crippen molar-refractivity contribution in [2.45, 2.75) is 19.3 Å². The number of hydrogen-bond acceptors (Lipinski definition) is 5. The number of benzene rings is 1. The van der Waals surface area contributed by atoms with Crippen LogP contribution in [0.3, 0.4) is 0 Å². The molecule has 1 aromatic carbocycles. The Balaban J connectivity index is 2.58. The summed E-state index contributed by atoms with van der Waals surface area (Å²) in [5.41, 5.74) is 0.826. The molecule has 0 spiro atoms. The molecule has 0 radical (unpaired) electrons. The number of Topliss-reactive ketones (excluding diaryl/α,β-unsaturated/α-hetero) is 1. The van der Waals surface area contributed by atoms with Gasteiger partial charge in [-0.3, -0.25) is 4.79 Å². The van der Waals surface area contributed by atoms with Crippen LogP contribution in [-0.4, -0.2) is 40.4 Å². The van der Waals surface area contributed by atoms with E-state index in [1.165, 1.54) is 13.4 Å². The zero-order valence-corrected chi connectivity index (χ0v) is 12.8. The molecule has 0 N–H and O–H groups in total. The molecule has 0 aliphatic carbocycles. The highest BCUT2D eigenvalue weighted by molar-refractivity contribution is 7.90. The maximum atomic E-state index is 11.8. The highest BCUT2D eigenvalue weighted by Crippen LogP contribution is 2.27. The van der Waals surface area contributed by atoms with Gasteiger partial charge in [0.2, 0.25) is 0 Å². The smallest absolute Gasteiger partial charge is 0.161 e. The Hall–Kier alpha value is -1.56. The lowest BCUT2D eigenvalue weighted by Crippen LogP contribution is -2.08. The lowest BCUT2D eigenvalue weighted by molar-refractivity contribution is -0.118. The van der Waals surface area contributed by atoms with Crippen molar-refractivity contribution in [2.75, 3.05) is 26.2 Å². The van der Waals surface area contributed by atoms with Crippen LogP contribution in [0.2, 0.25) is 0 Å². The van der Waals surface area contributed by atoms with Gasteiger partial charge in [-0.1, -0.05) is 6.07 Å². The summed E-state index contributed by atoms with van der Waals surface area (Å²) in [6.07, 6.45) is 2.07. The van der Waals surface area contributed by atoms with Gasteiger partial charge in [-0.05, 0) is 24.1 Å². The first kappa shape index (κ1) is 16.5. The Morgan fingerprint density at radius 3 is 2.35 bits per heavy atom. The molecule has 0 saturated carbocycles. The Morgan fingerprint density at radius 2 is 1.80 bits per heavy atom. The zero-order valence-electron chi connectivity index (χ0n) is 12.0. The molecule has 0 unspecified atom stereocenters. The van der Waals surface area contributed by atoms with Crippen LogP contribution in [0.25, 0.3) is 0 Å². The van der Waals surface area contributed by atoms with Crippen LogP contribution < -0.4 is 9.47 Å². The number of ether oxygens (including phenoxy) is 2. The zero-order chi connectivity index (χ0) is 15.2. The maximum absolute atomic E-state index is 11.8. The summed E-state index contributed by atoms with van der Waals surface area (Å²) in [7, 11) is 0.0857. The van der Waals surface area contributed by atoms with Crippen molar-refractivity contribution in [1.82, 2.24) is 0 Å². The van der Waals surface area contributed by atoms with Gasteiger partial charge in [0.1, 0.15) is 15.6 Å². The van der Waals surface area contributed by atoms with Gasteiger partial charge < -0.3 is 9.47 Å². The molecule has 1 aromatic rings. The molecule has 5 nitrogen and oxygen atoms in total. The fourth-order valence-corrected chi connectivity index (χ4v) is 2.51. The first-order chi connectivity index (χ1) is 9.35. The van der Waals surface area contributed by atoms with E-state index in [0.29, 0.717) is 17.9 Å². The van der Waals surface area contributed by atoms with Gasteiger partial charge in [-0.15, -0.1) is 0 Å². The molecule has 0 fully saturated rings. The van der Waals surface area contributed by atoms with E-state index < -0.39 is 9.84 Å². The average molecular weight is 300 g/mol. The first-order valence-corrected chi connectivity index (χ1v) is 8.32. The topological polar surface area (TPSA) is 69.7 Å². The minimum Gasteiger partial charge on any atom is -0.493 e. The van der Waals surface area contributed by atoms with Gasteiger partial charge in [-0.2, -0.15) is 0 Å². The van der Waals surface area contributed by atoms with Crippen LogP contribution in [0.5, 0.6) is 11.5 Å². The number of sulfone groups is 1. The third kappa shape index (κ3) is 5.61. The van der Waals surface area contributed by atoms with Crippen LogP contribution in [0.1, 0.15) is 18.4 Å². The largest absolute Gasteiger partial charge is 0.493 e. The molecule has 0 bridgehead atoms. The van der Waals surface area contributed by atoms with Crippen molar-refractivity contribution in [2.24, 2.45) is 0 Å². The molecule has 6 heteroatoms. The molecule has 0 aromatic heterocycles. The highest BCUT2D eigenvalue weighted by atomic mass is 32.2. The Labute approximate surface area is 119 Å². The minimum absolute atomic E-state index is 0.0147. The van der Waals surface area contributed by atoms with E-state index in [4.69, 9.17) is 9.47 Å². The van der Waals surface area contributed by atoms with Crippen molar-refractivity contribution >= 4 is 15.6 Å². The Morgan fingerprint density at radius 1 is 1.15 bits per heavy atom. The summed E-state index contributed by atoms with van der Waals surface area (Å²) in [5, 5.41) is 0. The fraction of sp³-hybridized carbons (Fsp3) is 0.500. The lowest BCUT2D eigenvalue weighted by atomic mass is 10.1. The monoisotopic (exact) mass is 300 g/mol. The van der Waals surface area contributed by atoms with Crippen molar-refractivity contribution in [3.63, 3.8) is 0 Å². The normalized spacial score (nSPS) is 11.2. The van der Waals surface area contributed by atoms with Gasteiger partial charge in [0.25, 0.3) is 0 Å². The molecule has 1 rings (SSSR count). The van der Waals surface area contributed by atoms with Crippen LogP contribution in [0.4, 0.5) is 0 Å². The van der Waals surface area contributed by atoms with Gasteiger partial charge in [-0.25, -0.2) is 8.42 Å². The van der Waals surface area contributed by atoms with E-state index in [9.17, 15) is 13.2 Å². The van der Waals surface area contributed by atoms with Gasteiger partial charge >= 0.3 is 0 Å². The van der Waals surface area contributed by atoms with E-state index in [0.717, 1.165) is 5.56 Å². The number of methoxy groups -OCH3 is 2. The average Bonchev–Trinajstić information content (AvgIpc) is 2.37.